The maximum atomic E-state index is 14.0. The number of rotatable bonds is 9. The zero-order valence-electron chi connectivity index (χ0n) is 20.5. The molecule has 1 heterocycles. The molecule has 190 valence electrons. The van der Waals surface area contributed by atoms with Crippen molar-refractivity contribution in [2.75, 3.05) is 5.75 Å². The number of amides is 1. The third kappa shape index (κ3) is 6.46. The first kappa shape index (κ1) is 27.7. The van der Waals surface area contributed by atoms with Gasteiger partial charge in [0.05, 0.1) is 17.9 Å². The second kappa shape index (κ2) is 11.4. The highest BCUT2D eigenvalue weighted by Gasteiger charge is 2.51. The minimum atomic E-state index is -1.09. The van der Waals surface area contributed by atoms with Gasteiger partial charge in [0.25, 0.3) is 0 Å². The summed E-state index contributed by atoms with van der Waals surface area (Å²) in [5.41, 5.74) is 0.777. The van der Waals surface area contributed by atoms with Crippen molar-refractivity contribution in [3.8, 4) is 0 Å². The van der Waals surface area contributed by atoms with Crippen molar-refractivity contribution in [2.24, 2.45) is 5.41 Å². The van der Waals surface area contributed by atoms with E-state index in [9.17, 15) is 18.9 Å². The summed E-state index contributed by atoms with van der Waals surface area (Å²) in [5.74, 6) is -0.923. The Kier molecular flexibility index (Phi) is 9.06. The fraction of sp³-hybridized carbons (Fsp3) is 0.481. The van der Waals surface area contributed by atoms with E-state index in [4.69, 9.17) is 23.2 Å². The molecule has 1 fully saturated rings. The van der Waals surface area contributed by atoms with Crippen LogP contribution in [0.5, 0.6) is 0 Å². The number of hydrogen-bond acceptors (Lipinski definition) is 3. The van der Waals surface area contributed by atoms with Gasteiger partial charge in [0, 0.05) is 43.8 Å². The minimum Gasteiger partial charge on any atom is -0.481 e. The lowest BCUT2D eigenvalue weighted by atomic mass is 9.67. The number of piperidine rings is 1. The Balaban J connectivity index is 2.14. The summed E-state index contributed by atoms with van der Waals surface area (Å²) in [5, 5.41) is 10.9. The summed E-state index contributed by atoms with van der Waals surface area (Å²) in [6.45, 7) is 7.54. The van der Waals surface area contributed by atoms with Crippen LogP contribution in [-0.4, -0.2) is 43.1 Å². The van der Waals surface area contributed by atoms with E-state index >= 15 is 0 Å². The van der Waals surface area contributed by atoms with Crippen molar-refractivity contribution in [1.82, 2.24) is 4.90 Å². The van der Waals surface area contributed by atoms with E-state index in [-0.39, 0.29) is 35.6 Å². The summed E-state index contributed by atoms with van der Waals surface area (Å²) in [4.78, 5) is 27.7. The van der Waals surface area contributed by atoms with Crippen molar-refractivity contribution in [2.45, 2.75) is 70.2 Å². The molecule has 0 aliphatic carbocycles. The molecule has 0 aromatic heterocycles. The van der Waals surface area contributed by atoms with Gasteiger partial charge >= 0.3 is 5.97 Å². The Morgan fingerprint density at radius 2 is 1.77 bits per heavy atom. The Morgan fingerprint density at radius 1 is 1.11 bits per heavy atom. The van der Waals surface area contributed by atoms with Crippen LogP contribution in [0, 0.1) is 5.41 Å². The number of aliphatic carboxylic acids is 1. The normalized spacial score (nSPS) is 24.4. The first-order valence-electron chi connectivity index (χ1n) is 11.9. The predicted molar refractivity (Wildman–Crippen MR) is 142 cm³/mol. The van der Waals surface area contributed by atoms with Gasteiger partial charge in [-0.15, -0.1) is 0 Å². The van der Waals surface area contributed by atoms with Crippen molar-refractivity contribution in [3.05, 3.63) is 69.7 Å². The summed E-state index contributed by atoms with van der Waals surface area (Å²) < 4.78 is 12.5. The molecule has 35 heavy (non-hydrogen) atoms. The molecule has 0 radical (unpaired) electrons. The molecule has 5 atom stereocenters. The maximum Gasteiger partial charge on any atom is 0.304 e. The van der Waals surface area contributed by atoms with E-state index in [0.29, 0.717) is 28.6 Å². The fourth-order valence-electron chi connectivity index (χ4n) is 5.02. The topological polar surface area (TPSA) is 74.7 Å². The second-order valence-electron chi connectivity index (χ2n) is 9.98. The van der Waals surface area contributed by atoms with E-state index in [0.717, 1.165) is 11.1 Å². The van der Waals surface area contributed by atoms with Gasteiger partial charge in [-0.05, 0) is 55.2 Å². The van der Waals surface area contributed by atoms with Gasteiger partial charge in [-0.1, -0.05) is 68.2 Å². The number of benzene rings is 2. The third-order valence-corrected chi connectivity index (χ3v) is 9.05. The summed E-state index contributed by atoms with van der Waals surface area (Å²) in [7, 11) is -1.01. The molecule has 1 saturated heterocycles. The van der Waals surface area contributed by atoms with Crippen LogP contribution in [0.2, 0.25) is 10.0 Å². The zero-order valence-corrected chi connectivity index (χ0v) is 22.9. The van der Waals surface area contributed by atoms with E-state index in [1.165, 1.54) is 0 Å². The molecular formula is C27H33Cl2NO4S. The molecule has 5 unspecified atom stereocenters. The Bertz CT molecular complexity index is 1090. The Hall–Kier alpha value is -1.89. The van der Waals surface area contributed by atoms with Gasteiger partial charge in [-0.3, -0.25) is 13.8 Å². The Labute approximate surface area is 220 Å². The number of halogens is 2. The van der Waals surface area contributed by atoms with Crippen LogP contribution < -0.4 is 0 Å². The highest BCUT2D eigenvalue weighted by atomic mass is 35.5. The number of nitrogens with zero attached hydrogens (tertiary/aromatic N) is 1. The third-order valence-electron chi connectivity index (χ3n) is 6.87. The number of carboxylic acid groups (broad SMARTS) is 1. The molecule has 1 aliphatic rings. The van der Waals surface area contributed by atoms with Gasteiger partial charge in [-0.25, -0.2) is 0 Å². The van der Waals surface area contributed by atoms with Crippen LogP contribution in [0.25, 0.3) is 0 Å². The standard InChI is InChI=1S/C27H33Cl2NO4S/c1-17(2)35(34)13-12-18(3)30-25(19-8-10-21(28)11-9-19)23(20-6-5-7-22(29)14-20)15-27(4,26(30)33)16-24(31)32/h5-11,14,17-18,23,25H,12-13,15-16H2,1-4H3,(H,31,32). The van der Waals surface area contributed by atoms with Gasteiger partial charge in [-0.2, -0.15) is 0 Å². The number of carboxylic acids is 1. The van der Waals surface area contributed by atoms with E-state index < -0.39 is 22.2 Å². The van der Waals surface area contributed by atoms with Crippen LogP contribution in [0.4, 0.5) is 0 Å². The van der Waals surface area contributed by atoms with Crippen LogP contribution >= 0.6 is 23.2 Å². The number of carbonyl (C=O) groups excluding carboxylic acids is 1. The van der Waals surface area contributed by atoms with Crippen molar-refractivity contribution in [3.63, 3.8) is 0 Å². The lowest BCUT2D eigenvalue weighted by Crippen LogP contribution is -2.55. The molecule has 0 bridgehead atoms. The summed E-state index contributed by atoms with van der Waals surface area (Å²) in [6.07, 6.45) is 0.649. The largest absolute Gasteiger partial charge is 0.481 e. The molecule has 1 amide bonds. The maximum absolute atomic E-state index is 14.0. The highest BCUT2D eigenvalue weighted by Crippen LogP contribution is 2.52. The molecule has 0 saturated carbocycles. The monoisotopic (exact) mass is 537 g/mol. The highest BCUT2D eigenvalue weighted by molar-refractivity contribution is 7.85. The first-order chi connectivity index (χ1) is 16.4. The van der Waals surface area contributed by atoms with Crippen molar-refractivity contribution in [1.29, 1.82) is 0 Å². The quantitative estimate of drug-likeness (QED) is 0.397. The fourth-order valence-corrected chi connectivity index (χ4v) is 6.39. The van der Waals surface area contributed by atoms with Gasteiger partial charge in [0.2, 0.25) is 5.91 Å². The van der Waals surface area contributed by atoms with Crippen LogP contribution in [0.1, 0.15) is 70.0 Å². The first-order valence-corrected chi connectivity index (χ1v) is 14.0. The van der Waals surface area contributed by atoms with Crippen molar-refractivity contribution < 1.29 is 18.9 Å². The number of hydrogen-bond donors (Lipinski definition) is 1. The summed E-state index contributed by atoms with van der Waals surface area (Å²) >= 11 is 12.5. The molecule has 8 heteroatoms. The molecule has 3 rings (SSSR count). The van der Waals surface area contributed by atoms with E-state index in [2.05, 4.69) is 0 Å². The van der Waals surface area contributed by atoms with Gasteiger partial charge < -0.3 is 10.0 Å². The number of carbonyl (C=O) groups is 2. The predicted octanol–water partition coefficient (Wildman–Crippen LogP) is 6.47. The van der Waals surface area contributed by atoms with Crippen LogP contribution in [0.15, 0.2) is 48.5 Å². The SMILES string of the molecule is CC(CCS(=O)C(C)C)N1C(=O)C(C)(CC(=O)O)CC(c2cccc(Cl)c2)C1c1ccc(Cl)cc1. The molecular weight excluding hydrogens is 505 g/mol. The molecule has 2 aromatic carbocycles. The van der Waals surface area contributed by atoms with E-state index in [1.54, 1.807) is 25.1 Å². The van der Waals surface area contributed by atoms with Crippen LogP contribution in [-0.2, 0) is 20.4 Å². The molecule has 1 N–H and O–H groups in total. The molecule has 0 spiro atoms. The lowest BCUT2D eigenvalue weighted by molar-refractivity contribution is -0.160. The summed E-state index contributed by atoms with van der Waals surface area (Å²) in [6, 6.07) is 14.4. The van der Waals surface area contributed by atoms with Gasteiger partial charge in [0.15, 0.2) is 0 Å². The van der Waals surface area contributed by atoms with Crippen molar-refractivity contribution >= 4 is 45.9 Å². The van der Waals surface area contributed by atoms with Gasteiger partial charge in [0.1, 0.15) is 0 Å². The smallest absolute Gasteiger partial charge is 0.304 e. The average molecular weight is 539 g/mol. The second-order valence-corrected chi connectivity index (χ2v) is 13.0. The van der Waals surface area contributed by atoms with Crippen LogP contribution in [0.3, 0.4) is 0 Å². The molecule has 5 nitrogen and oxygen atoms in total. The van der Waals surface area contributed by atoms with E-state index in [1.807, 2.05) is 56.0 Å². The molecule has 1 aliphatic heterocycles. The average Bonchev–Trinajstić information content (AvgIpc) is 2.78. The zero-order chi connectivity index (χ0) is 25.9. The lowest BCUT2D eigenvalue weighted by Gasteiger charge is -2.51. The Morgan fingerprint density at radius 3 is 2.34 bits per heavy atom. The minimum absolute atomic E-state index is 0.0304. The number of likely N-dealkylation sites (tertiary alicyclic amines) is 1. The molecule has 2 aromatic rings.